The number of hydrogen-bond acceptors (Lipinski definition) is 1. The van der Waals surface area contributed by atoms with Crippen LogP contribution in [0.4, 0.5) is 4.39 Å². The number of fused-ring (bicyclic) bond motifs is 1. The van der Waals surface area contributed by atoms with Gasteiger partial charge in [-0.05, 0) is 46.3 Å². The van der Waals surface area contributed by atoms with Gasteiger partial charge in [0.15, 0.2) is 0 Å². The Balaban J connectivity index is 2.36. The summed E-state index contributed by atoms with van der Waals surface area (Å²) < 4.78 is 16.1. The monoisotopic (exact) mass is 372 g/mol. The molecule has 0 unspecified atom stereocenters. The van der Waals surface area contributed by atoms with Crippen LogP contribution in [-0.4, -0.2) is 9.55 Å². The fourth-order valence-corrected chi connectivity index (χ4v) is 3.16. The van der Waals surface area contributed by atoms with Gasteiger partial charge in [0.2, 0.25) is 0 Å². The van der Waals surface area contributed by atoms with Gasteiger partial charge >= 0.3 is 0 Å². The van der Waals surface area contributed by atoms with Crippen molar-refractivity contribution in [1.29, 1.82) is 0 Å². The quantitative estimate of drug-likeness (QED) is 0.556. The van der Waals surface area contributed by atoms with Crippen LogP contribution in [0.25, 0.3) is 16.7 Å². The van der Waals surface area contributed by atoms with E-state index in [0.29, 0.717) is 21.9 Å². The van der Waals surface area contributed by atoms with Crippen LogP contribution >= 0.6 is 39.1 Å². The van der Waals surface area contributed by atoms with Gasteiger partial charge in [0.1, 0.15) is 11.6 Å². The summed E-state index contributed by atoms with van der Waals surface area (Å²) in [7, 11) is 0. The number of rotatable bonds is 2. The highest BCUT2D eigenvalue weighted by Gasteiger charge is 2.14. The van der Waals surface area contributed by atoms with Gasteiger partial charge in [-0.3, -0.25) is 4.57 Å². The minimum atomic E-state index is -0.315. The molecule has 1 heterocycles. The summed E-state index contributed by atoms with van der Waals surface area (Å²) in [5.41, 5.74) is 2.19. The lowest BCUT2D eigenvalue weighted by Crippen LogP contribution is -2.00. The van der Waals surface area contributed by atoms with E-state index in [2.05, 4.69) is 20.9 Å². The molecule has 2 nitrogen and oxygen atoms in total. The minimum Gasteiger partial charge on any atom is -0.294 e. The molecule has 2 aromatic carbocycles. The first-order chi connectivity index (χ1) is 9.60. The molecule has 0 aliphatic rings. The predicted molar refractivity (Wildman–Crippen MR) is 83.3 cm³/mol. The molecule has 0 N–H and O–H groups in total. The molecule has 20 heavy (non-hydrogen) atoms. The average Bonchev–Trinajstić information content (AvgIpc) is 2.76. The maximum atomic E-state index is 13.5. The number of benzene rings is 2. The maximum absolute atomic E-state index is 13.5. The normalized spacial score (nSPS) is 11.2. The van der Waals surface area contributed by atoms with Gasteiger partial charge in [0.05, 0.1) is 22.6 Å². The Labute approximate surface area is 133 Å². The maximum Gasteiger partial charge on any atom is 0.129 e. The van der Waals surface area contributed by atoms with E-state index < -0.39 is 0 Å². The first kappa shape index (κ1) is 13.9. The molecule has 0 radical (unpaired) electrons. The van der Waals surface area contributed by atoms with Crippen molar-refractivity contribution in [2.45, 2.75) is 5.88 Å². The average molecular weight is 374 g/mol. The van der Waals surface area contributed by atoms with Gasteiger partial charge in [-0.25, -0.2) is 9.37 Å². The summed E-state index contributed by atoms with van der Waals surface area (Å²) in [4.78, 5) is 4.42. The molecule has 0 bridgehead atoms. The zero-order valence-corrected chi connectivity index (χ0v) is 13.2. The van der Waals surface area contributed by atoms with E-state index >= 15 is 0 Å². The standard InChI is InChI=1S/C14H8BrCl2FN2/c15-10-5-8(17)1-4-12(10)20-13-6-9(18)2-3-11(13)19-14(20)7-16/h1-6H,7H2. The van der Waals surface area contributed by atoms with Crippen LogP contribution in [0.3, 0.4) is 0 Å². The number of alkyl halides is 1. The Hall–Kier alpha value is -1.10. The Bertz CT molecular complexity index is 801. The number of hydrogen-bond donors (Lipinski definition) is 0. The second-order valence-electron chi connectivity index (χ2n) is 4.23. The summed E-state index contributed by atoms with van der Waals surface area (Å²) in [6.45, 7) is 0. The van der Waals surface area contributed by atoms with Gasteiger partial charge in [0, 0.05) is 15.6 Å². The van der Waals surface area contributed by atoms with E-state index in [1.54, 1.807) is 18.2 Å². The zero-order chi connectivity index (χ0) is 14.3. The molecule has 0 saturated heterocycles. The lowest BCUT2D eigenvalue weighted by molar-refractivity contribution is 0.629. The van der Waals surface area contributed by atoms with Crippen LogP contribution in [-0.2, 0) is 5.88 Å². The molecule has 1 aromatic heterocycles. The third kappa shape index (κ3) is 2.32. The van der Waals surface area contributed by atoms with Gasteiger partial charge in [-0.2, -0.15) is 0 Å². The number of nitrogens with zero attached hydrogens (tertiary/aromatic N) is 2. The first-order valence-corrected chi connectivity index (χ1v) is 7.49. The molecule has 0 saturated carbocycles. The summed E-state index contributed by atoms with van der Waals surface area (Å²) in [5, 5.41) is 0.614. The van der Waals surface area contributed by atoms with Crippen LogP contribution in [0, 0.1) is 5.82 Å². The molecule has 0 aliphatic carbocycles. The summed E-state index contributed by atoms with van der Waals surface area (Å²) in [5.74, 6) is 0.561. The molecule has 0 fully saturated rings. The van der Waals surface area contributed by atoms with Crippen molar-refractivity contribution in [1.82, 2.24) is 9.55 Å². The minimum absolute atomic E-state index is 0.228. The molecule has 3 rings (SSSR count). The van der Waals surface area contributed by atoms with Crippen molar-refractivity contribution in [3.8, 4) is 5.69 Å². The second-order valence-corrected chi connectivity index (χ2v) is 5.78. The topological polar surface area (TPSA) is 17.8 Å². The fraction of sp³-hybridized carbons (Fsp3) is 0.0714. The van der Waals surface area contributed by atoms with Crippen molar-refractivity contribution < 1.29 is 4.39 Å². The Morgan fingerprint density at radius 3 is 2.70 bits per heavy atom. The van der Waals surface area contributed by atoms with E-state index in [0.717, 1.165) is 10.2 Å². The van der Waals surface area contributed by atoms with E-state index in [-0.39, 0.29) is 11.7 Å². The number of aromatic nitrogens is 2. The van der Waals surface area contributed by atoms with Crippen molar-refractivity contribution in [3.63, 3.8) is 0 Å². The van der Waals surface area contributed by atoms with Crippen LogP contribution in [0.5, 0.6) is 0 Å². The van der Waals surface area contributed by atoms with Crippen molar-refractivity contribution >= 4 is 50.2 Å². The largest absolute Gasteiger partial charge is 0.294 e. The molecular formula is C14H8BrCl2FN2. The smallest absolute Gasteiger partial charge is 0.129 e. The fourth-order valence-electron chi connectivity index (χ4n) is 2.12. The van der Waals surface area contributed by atoms with E-state index in [4.69, 9.17) is 23.2 Å². The van der Waals surface area contributed by atoms with Crippen LogP contribution in [0.1, 0.15) is 5.82 Å². The Morgan fingerprint density at radius 1 is 1.20 bits per heavy atom. The molecule has 0 atom stereocenters. The van der Waals surface area contributed by atoms with Gasteiger partial charge in [-0.1, -0.05) is 11.6 Å². The van der Waals surface area contributed by atoms with Crippen LogP contribution < -0.4 is 0 Å². The predicted octanol–water partition coefficient (Wildman–Crippen LogP) is 5.32. The SMILES string of the molecule is Fc1ccc2nc(CCl)n(-c3ccc(Cl)cc3Br)c2c1. The van der Waals surface area contributed by atoms with Crippen molar-refractivity contribution in [2.75, 3.05) is 0 Å². The summed E-state index contributed by atoms with van der Waals surface area (Å²) in [6, 6.07) is 9.86. The molecule has 0 amide bonds. The molecule has 102 valence electrons. The second kappa shape index (κ2) is 5.35. The molecule has 6 heteroatoms. The number of imidazole rings is 1. The molecule has 0 spiro atoms. The van der Waals surface area contributed by atoms with Crippen molar-refractivity contribution in [3.05, 3.63) is 57.5 Å². The van der Waals surface area contributed by atoms with Gasteiger partial charge < -0.3 is 0 Å². The van der Waals surface area contributed by atoms with Gasteiger partial charge in [0.25, 0.3) is 0 Å². The van der Waals surface area contributed by atoms with E-state index in [9.17, 15) is 4.39 Å². The highest BCUT2D eigenvalue weighted by Crippen LogP contribution is 2.30. The van der Waals surface area contributed by atoms with E-state index in [1.165, 1.54) is 12.1 Å². The molecule has 3 aromatic rings. The summed E-state index contributed by atoms with van der Waals surface area (Å²) >= 11 is 15.4. The molecule has 0 aliphatic heterocycles. The van der Waals surface area contributed by atoms with E-state index in [1.807, 2.05) is 10.6 Å². The third-order valence-corrected chi connectivity index (χ3v) is 4.07. The highest BCUT2D eigenvalue weighted by molar-refractivity contribution is 9.10. The Kier molecular flexibility index (Phi) is 3.71. The summed E-state index contributed by atoms with van der Waals surface area (Å²) in [6.07, 6.45) is 0. The lowest BCUT2D eigenvalue weighted by Gasteiger charge is -2.10. The third-order valence-electron chi connectivity index (χ3n) is 2.96. The molecular weight excluding hydrogens is 366 g/mol. The highest BCUT2D eigenvalue weighted by atomic mass is 79.9. The van der Waals surface area contributed by atoms with Crippen LogP contribution in [0.2, 0.25) is 5.02 Å². The van der Waals surface area contributed by atoms with Crippen molar-refractivity contribution in [2.24, 2.45) is 0 Å². The Morgan fingerprint density at radius 2 is 2.00 bits per heavy atom. The van der Waals surface area contributed by atoms with Gasteiger partial charge in [-0.15, -0.1) is 11.6 Å². The van der Waals surface area contributed by atoms with Crippen LogP contribution in [0.15, 0.2) is 40.9 Å². The number of halogens is 4. The lowest BCUT2D eigenvalue weighted by atomic mass is 10.2. The zero-order valence-electron chi connectivity index (χ0n) is 10.1. The first-order valence-electron chi connectivity index (χ1n) is 5.78.